The molecule has 19 heavy (non-hydrogen) atoms. The SMILES string of the molecule is O=C(O)C1CN(C(=O)c2c[nH]c(=O)[nH]c2=O)CCO1. The predicted molar refractivity (Wildman–Crippen MR) is 61.0 cm³/mol. The van der Waals surface area contributed by atoms with Crippen LogP contribution in [0.3, 0.4) is 0 Å². The lowest BCUT2D eigenvalue weighted by atomic mass is 10.2. The number of carbonyl (C=O) groups is 2. The molecule has 0 spiro atoms. The van der Waals surface area contributed by atoms with Crippen molar-refractivity contribution in [3.63, 3.8) is 0 Å². The molecule has 1 aromatic heterocycles. The van der Waals surface area contributed by atoms with Gasteiger partial charge in [0.15, 0.2) is 6.10 Å². The van der Waals surface area contributed by atoms with Gasteiger partial charge in [0.1, 0.15) is 5.56 Å². The van der Waals surface area contributed by atoms with Crippen molar-refractivity contribution < 1.29 is 19.4 Å². The fourth-order valence-electron chi connectivity index (χ4n) is 1.72. The number of hydrogen-bond donors (Lipinski definition) is 3. The molecule has 9 nitrogen and oxygen atoms in total. The van der Waals surface area contributed by atoms with Gasteiger partial charge in [0.2, 0.25) is 0 Å². The van der Waals surface area contributed by atoms with E-state index in [0.29, 0.717) is 0 Å². The second-order valence-electron chi connectivity index (χ2n) is 3.93. The number of amides is 1. The Morgan fingerprint density at radius 2 is 2.16 bits per heavy atom. The number of aromatic nitrogens is 2. The molecule has 0 bridgehead atoms. The lowest BCUT2D eigenvalue weighted by molar-refractivity contribution is -0.154. The topological polar surface area (TPSA) is 133 Å². The van der Waals surface area contributed by atoms with Crippen LogP contribution >= 0.6 is 0 Å². The first-order chi connectivity index (χ1) is 8.99. The summed E-state index contributed by atoms with van der Waals surface area (Å²) < 4.78 is 4.97. The van der Waals surface area contributed by atoms with E-state index in [1.165, 1.54) is 4.90 Å². The highest BCUT2D eigenvalue weighted by Crippen LogP contribution is 2.08. The van der Waals surface area contributed by atoms with Crippen molar-refractivity contribution in [3.05, 3.63) is 32.6 Å². The molecule has 1 atom stereocenters. The average molecular weight is 269 g/mol. The molecular formula is C10H11N3O6. The van der Waals surface area contributed by atoms with E-state index in [1.807, 2.05) is 4.98 Å². The molecule has 0 saturated carbocycles. The zero-order valence-electron chi connectivity index (χ0n) is 9.71. The molecule has 1 aliphatic heterocycles. The van der Waals surface area contributed by atoms with Crippen LogP contribution in [0.25, 0.3) is 0 Å². The average Bonchev–Trinajstić information content (AvgIpc) is 2.38. The number of carboxylic acids is 1. The number of ether oxygens (including phenoxy) is 1. The van der Waals surface area contributed by atoms with Crippen molar-refractivity contribution in [2.45, 2.75) is 6.10 Å². The maximum atomic E-state index is 12.0. The Labute approximate surface area is 105 Å². The Kier molecular flexibility index (Phi) is 3.47. The molecule has 9 heteroatoms. The van der Waals surface area contributed by atoms with Crippen LogP contribution in [-0.2, 0) is 9.53 Å². The van der Waals surface area contributed by atoms with Gasteiger partial charge in [0.25, 0.3) is 11.5 Å². The first-order valence-corrected chi connectivity index (χ1v) is 5.44. The number of nitrogens with one attached hydrogen (secondary N) is 2. The van der Waals surface area contributed by atoms with Crippen molar-refractivity contribution in [1.82, 2.24) is 14.9 Å². The highest BCUT2D eigenvalue weighted by atomic mass is 16.5. The normalized spacial score (nSPS) is 19.2. The second-order valence-corrected chi connectivity index (χ2v) is 3.93. The number of carboxylic acid groups (broad SMARTS) is 1. The van der Waals surface area contributed by atoms with Crippen LogP contribution in [0.1, 0.15) is 10.4 Å². The molecule has 0 aromatic carbocycles. The minimum atomic E-state index is -1.17. The Balaban J connectivity index is 2.22. The zero-order valence-corrected chi connectivity index (χ0v) is 9.71. The first-order valence-electron chi connectivity index (χ1n) is 5.44. The van der Waals surface area contributed by atoms with Gasteiger partial charge in [0, 0.05) is 12.7 Å². The van der Waals surface area contributed by atoms with E-state index in [-0.39, 0.29) is 25.3 Å². The molecule has 3 N–H and O–H groups in total. The number of morpholine rings is 1. The standard InChI is InChI=1S/C10H11N3O6/c14-7-5(3-11-10(18)12-7)8(15)13-1-2-19-6(4-13)9(16)17/h3,6H,1-2,4H2,(H,16,17)(H2,11,12,14,18). The lowest BCUT2D eigenvalue weighted by Gasteiger charge is -2.30. The van der Waals surface area contributed by atoms with Crippen molar-refractivity contribution >= 4 is 11.9 Å². The fourth-order valence-corrected chi connectivity index (χ4v) is 1.72. The van der Waals surface area contributed by atoms with Gasteiger partial charge < -0.3 is 19.7 Å². The second kappa shape index (κ2) is 5.06. The molecule has 0 radical (unpaired) electrons. The summed E-state index contributed by atoms with van der Waals surface area (Å²) >= 11 is 0. The quantitative estimate of drug-likeness (QED) is 0.568. The van der Waals surface area contributed by atoms with Gasteiger partial charge in [-0.25, -0.2) is 9.59 Å². The van der Waals surface area contributed by atoms with Gasteiger partial charge in [-0.05, 0) is 0 Å². The van der Waals surface area contributed by atoms with E-state index in [9.17, 15) is 19.2 Å². The van der Waals surface area contributed by atoms with E-state index in [2.05, 4.69) is 4.98 Å². The summed E-state index contributed by atoms with van der Waals surface area (Å²) in [6.45, 7) is 0.109. The van der Waals surface area contributed by atoms with Gasteiger partial charge in [0.05, 0.1) is 13.2 Å². The monoisotopic (exact) mass is 269 g/mol. The summed E-state index contributed by atoms with van der Waals surface area (Å²) in [6.07, 6.45) is -0.103. The van der Waals surface area contributed by atoms with Gasteiger partial charge in [-0.15, -0.1) is 0 Å². The fraction of sp³-hybridized carbons (Fsp3) is 0.400. The number of hydrogen-bond acceptors (Lipinski definition) is 5. The molecule has 102 valence electrons. The summed E-state index contributed by atoms with van der Waals surface area (Å²) in [7, 11) is 0. The summed E-state index contributed by atoms with van der Waals surface area (Å²) in [4.78, 5) is 50.5. The molecule has 1 aliphatic rings. The number of nitrogens with zero attached hydrogens (tertiary/aromatic N) is 1. The van der Waals surface area contributed by atoms with Crippen LogP contribution in [-0.4, -0.2) is 57.7 Å². The lowest BCUT2D eigenvalue weighted by Crippen LogP contribution is -2.49. The number of carbonyl (C=O) groups excluding carboxylic acids is 1. The molecular weight excluding hydrogens is 258 g/mol. The van der Waals surface area contributed by atoms with Crippen LogP contribution in [0.5, 0.6) is 0 Å². The molecule has 2 rings (SSSR count). The van der Waals surface area contributed by atoms with Crippen molar-refractivity contribution in [1.29, 1.82) is 0 Å². The summed E-state index contributed by atoms with van der Waals surface area (Å²) in [5.74, 6) is -1.82. The van der Waals surface area contributed by atoms with E-state index in [0.717, 1.165) is 6.20 Å². The van der Waals surface area contributed by atoms with Gasteiger partial charge >= 0.3 is 11.7 Å². The maximum Gasteiger partial charge on any atom is 0.334 e. The minimum absolute atomic E-state index is 0.0734. The van der Waals surface area contributed by atoms with Gasteiger partial charge in [-0.2, -0.15) is 0 Å². The van der Waals surface area contributed by atoms with Crippen LogP contribution < -0.4 is 11.2 Å². The smallest absolute Gasteiger partial charge is 0.334 e. The van der Waals surface area contributed by atoms with Gasteiger partial charge in [-0.3, -0.25) is 14.6 Å². The molecule has 2 heterocycles. The van der Waals surface area contributed by atoms with Crippen LogP contribution in [0.2, 0.25) is 0 Å². The van der Waals surface area contributed by atoms with E-state index >= 15 is 0 Å². The summed E-state index contributed by atoms with van der Waals surface area (Å²) in [6, 6.07) is 0. The van der Waals surface area contributed by atoms with Crippen molar-refractivity contribution in [3.8, 4) is 0 Å². The summed E-state index contributed by atoms with van der Waals surface area (Å²) in [5.41, 5.74) is -1.77. The Morgan fingerprint density at radius 3 is 2.79 bits per heavy atom. The van der Waals surface area contributed by atoms with E-state index in [1.54, 1.807) is 0 Å². The number of H-pyrrole nitrogens is 2. The van der Waals surface area contributed by atoms with E-state index in [4.69, 9.17) is 9.84 Å². The molecule has 1 saturated heterocycles. The third kappa shape index (κ3) is 2.71. The molecule has 1 amide bonds. The zero-order chi connectivity index (χ0) is 14.0. The Bertz CT molecular complexity index is 618. The van der Waals surface area contributed by atoms with E-state index < -0.39 is 29.2 Å². The molecule has 1 unspecified atom stereocenters. The number of aromatic amines is 2. The van der Waals surface area contributed by atoms with Crippen LogP contribution in [0, 0.1) is 0 Å². The number of aliphatic carboxylic acids is 1. The number of rotatable bonds is 2. The summed E-state index contributed by atoms with van der Waals surface area (Å²) in [5, 5.41) is 8.82. The molecule has 1 aromatic rings. The van der Waals surface area contributed by atoms with Gasteiger partial charge in [-0.1, -0.05) is 0 Å². The predicted octanol–water partition coefficient (Wildman–Crippen LogP) is -2.01. The van der Waals surface area contributed by atoms with Crippen molar-refractivity contribution in [2.24, 2.45) is 0 Å². The van der Waals surface area contributed by atoms with Crippen LogP contribution in [0.4, 0.5) is 0 Å². The third-order valence-corrected chi connectivity index (χ3v) is 2.68. The minimum Gasteiger partial charge on any atom is -0.479 e. The Hall–Kier alpha value is -2.42. The highest BCUT2D eigenvalue weighted by Gasteiger charge is 2.30. The maximum absolute atomic E-state index is 12.0. The molecule has 1 fully saturated rings. The first kappa shape index (κ1) is 13.0. The largest absolute Gasteiger partial charge is 0.479 e. The highest BCUT2D eigenvalue weighted by molar-refractivity contribution is 5.94. The van der Waals surface area contributed by atoms with Crippen LogP contribution in [0.15, 0.2) is 15.8 Å². The Morgan fingerprint density at radius 1 is 1.42 bits per heavy atom. The van der Waals surface area contributed by atoms with Crippen molar-refractivity contribution in [2.75, 3.05) is 19.7 Å². The molecule has 0 aliphatic carbocycles. The third-order valence-electron chi connectivity index (χ3n) is 2.68.